The van der Waals surface area contributed by atoms with E-state index in [0.717, 1.165) is 56.0 Å². The first-order chi connectivity index (χ1) is 13.8. The third-order valence-electron chi connectivity index (χ3n) is 5.06. The third kappa shape index (κ3) is 3.24. The van der Waals surface area contributed by atoms with E-state index in [1.807, 2.05) is 12.2 Å². The maximum absolute atomic E-state index is 4.91. The molecule has 5 heterocycles. The first-order valence-corrected chi connectivity index (χ1v) is 9.26. The van der Waals surface area contributed by atoms with Gasteiger partial charge in [-0.3, -0.25) is 0 Å². The molecule has 5 heteroatoms. The number of aromatic amines is 2. The van der Waals surface area contributed by atoms with Crippen LogP contribution in [0.1, 0.15) is 11.4 Å². The maximum Gasteiger partial charge on any atom is 1.00 e. The largest absolute Gasteiger partial charge is 1.00 e. The number of fused-ring (bicyclic) bond motifs is 11. The van der Waals surface area contributed by atoms with Gasteiger partial charge in [0.2, 0.25) is 0 Å². The minimum Gasteiger partial charge on any atom is -0.355 e. The minimum absolute atomic E-state index is 0. The Morgan fingerprint density at radius 3 is 1.45 bits per heavy atom. The summed E-state index contributed by atoms with van der Waals surface area (Å²) in [6.45, 7) is 0. The predicted octanol–water partition coefficient (Wildman–Crippen LogP) is 5.82. The Kier molecular flexibility index (Phi) is 4.26. The molecule has 2 aliphatic heterocycles. The van der Waals surface area contributed by atoms with Gasteiger partial charge in [-0.1, -0.05) is 24.3 Å². The van der Waals surface area contributed by atoms with Gasteiger partial charge in [0.1, 0.15) is 0 Å². The number of nitrogens with zero attached hydrogens (tertiary/aromatic N) is 2. The molecule has 29 heavy (non-hydrogen) atoms. The fourth-order valence-electron chi connectivity index (χ4n) is 3.76. The average Bonchev–Trinajstić information content (AvgIpc) is 3.47. The first-order valence-electron chi connectivity index (χ1n) is 9.26. The molecule has 0 atom stereocenters. The van der Waals surface area contributed by atoms with Crippen LogP contribution >= 0.6 is 0 Å². The second kappa shape index (κ2) is 6.95. The van der Waals surface area contributed by atoms with E-state index in [9.17, 15) is 0 Å². The van der Waals surface area contributed by atoms with Crippen molar-refractivity contribution in [2.75, 3.05) is 0 Å². The Bertz CT molecular complexity index is 1320. The number of aromatic nitrogens is 4. The molecule has 4 nitrogen and oxygen atoms in total. The summed E-state index contributed by atoms with van der Waals surface area (Å²) in [5.74, 6) is 0. The number of hydrogen-bond acceptors (Lipinski definition) is 2. The van der Waals surface area contributed by atoms with E-state index in [4.69, 9.17) is 4.98 Å². The summed E-state index contributed by atoms with van der Waals surface area (Å²) in [7, 11) is 0. The normalized spacial score (nSPS) is 11.7. The topological polar surface area (TPSA) is 57.4 Å². The van der Waals surface area contributed by atoms with Gasteiger partial charge in [-0.05, 0) is 60.7 Å². The molecular weight excluding hydrogens is 410 g/mol. The fourth-order valence-corrected chi connectivity index (χ4v) is 3.76. The van der Waals surface area contributed by atoms with Gasteiger partial charge in [0, 0.05) is 33.2 Å². The van der Waals surface area contributed by atoms with Crippen molar-refractivity contribution in [3.8, 4) is 22.5 Å². The van der Waals surface area contributed by atoms with Gasteiger partial charge < -0.3 is 9.97 Å². The van der Waals surface area contributed by atoms with Crippen LogP contribution in [0, 0.1) is 0 Å². The van der Waals surface area contributed by atoms with Gasteiger partial charge in [-0.2, -0.15) is 0 Å². The molecule has 2 N–H and O–H groups in total. The van der Waals surface area contributed by atoms with Crippen molar-refractivity contribution in [3.05, 3.63) is 84.2 Å². The second-order valence-corrected chi connectivity index (χ2v) is 7.04. The molecule has 6 rings (SSSR count). The third-order valence-corrected chi connectivity index (χ3v) is 5.06. The molecular formula is C24H16N4Zn+. The Balaban J connectivity index is 0.00000181. The molecule has 1 aromatic carbocycles. The molecule has 0 saturated heterocycles. The quantitative estimate of drug-likeness (QED) is 0.301. The molecule has 2 aliphatic rings. The summed E-state index contributed by atoms with van der Waals surface area (Å²) < 4.78 is 0. The number of benzene rings is 1. The SMILES string of the molecule is C1=Cc2cc3ccc(cc4nc(cc5ccc(cc1n2)[nH]5)-c1ccccc1-4)[nH]3.[Zn+]. The van der Waals surface area contributed by atoms with E-state index in [1.54, 1.807) is 0 Å². The zero-order valence-electron chi connectivity index (χ0n) is 15.7. The van der Waals surface area contributed by atoms with Crippen molar-refractivity contribution in [3.63, 3.8) is 0 Å². The summed E-state index contributed by atoms with van der Waals surface area (Å²) in [5.41, 5.74) is 10.2. The number of nitrogens with one attached hydrogen (secondary N) is 2. The first kappa shape index (κ1) is 17.8. The van der Waals surface area contributed by atoms with Crippen LogP contribution < -0.4 is 0 Å². The Morgan fingerprint density at radius 1 is 0.517 bits per heavy atom. The molecule has 3 aromatic heterocycles. The van der Waals surface area contributed by atoms with E-state index in [0.29, 0.717) is 0 Å². The van der Waals surface area contributed by atoms with Crippen LogP contribution in [-0.2, 0) is 19.5 Å². The zero-order valence-corrected chi connectivity index (χ0v) is 18.7. The van der Waals surface area contributed by atoms with Crippen LogP contribution in [0.15, 0.2) is 72.8 Å². The van der Waals surface area contributed by atoms with E-state index >= 15 is 0 Å². The molecule has 0 saturated carbocycles. The summed E-state index contributed by atoms with van der Waals surface area (Å²) in [5, 5.41) is 0. The van der Waals surface area contributed by atoms with E-state index < -0.39 is 0 Å². The van der Waals surface area contributed by atoms with Gasteiger partial charge in [-0.25, -0.2) is 9.97 Å². The van der Waals surface area contributed by atoms with Crippen molar-refractivity contribution in [2.24, 2.45) is 0 Å². The molecule has 4 aromatic rings. The molecule has 0 amide bonds. The summed E-state index contributed by atoms with van der Waals surface area (Å²) in [4.78, 5) is 16.5. The Morgan fingerprint density at radius 2 is 0.966 bits per heavy atom. The molecule has 0 aliphatic carbocycles. The van der Waals surface area contributed by atoms with E-state index in [2.05, 4.69) is 87.7 Å². The fraction of sp³-hybridized carbons (Fsp3) is 0. The van der Waals surface area contributed by atoms with Crippen molar-refractivity contribution in [1.29, 1.82) is 0 Å². The maximum atomic E-state index is 4.91. The summed E-state index contributed by atoms with van der Waals surface area (Å²) in [6, 6.07) is 24.9. The average molecular weight is 426 g/mol. The summed E-state index contributed by atoms with van der Waals surface area (Å²) >= 11 is 0. The van der Waals surface area contributed by atoms with Gasteiger partial charge in [0.05, 0.1) is 22.8 Å². The molecule has 133 valence electrons. The van der Waals surface area contributed by atoms with Gasteiger partial charge in [0.15, 0.2) is 0 Å². The number of H-pyrrole nitrogens is 2. The van der Waals surface area contributed by atoms with Gasteiger partial charge in [-0.15, -0.1) is 0 Å². The van der Waals surface area contributed by atoms with Gasteiger partial charge in [0.25, 0.3) is 0 Å². The van der Waals surface area contributed by atoms with Crippen LogP contribution in [0.3, 0.4) is 0 Å². The van der Waals surface area contributed by atoms with Crippen LogP contribution in [0.25, 0.3) is 56.7 Å². The molecule has 0 fully saturated rings. The molecule has 1 radical (unpaired) electrons. The molecule has 0 unspecified atom stereocenters. The van der Waals surface area contributed by atoms with Crippen molar-refractivity contribution >= 4 is 34.2 Å². The molecule has 8 bridgehead atoms. The minimum atomic E-state index is 0. The van der Waals surface area contributed by atoms with Crippen LogP contribution in [0.4, 0.5) is 0 Å². The number of rotatable bonds is 0. The van der Waals surface area contributed by atoms with Crippen LogP contribution in [-0.4, -0.2) is 19.9 Å². The van der Waals surface area contributed by atoms with Crippen LogP contribution in [0.5, 0.6) is 0 Å². The van der Waals surface area contributed by atoms with Crippen molar-refractivity contribution < 1.29 is 19.5 Å². The Labute approximate surface area is 180 Å². The van der Waals surface area contributed by atoms with Crippen molar-refractivity contribution in [2.45, 2.75) is 0 Å². The van der Waals surface area contributed by atoms with E-state index in [1.165, 1.54) is 0 Å². The monoisotopic (exact) mass is 424 g/mol. The Hall–Kier alpha value is -3.30. The summed E-state index contributed by atoms with van der Waals surface area (Å²) in [6.07, 6.45) is 4.06. The second-order valence-electron chi connectivity index (χ2n) is 7.04. The van der Waals surface area contributed by atoms with Crippen molar-refractivity contribution in [1.82, 2.24) is 19.9 Å². The number of hydrogen-bond donors (Lipinski definition) is 2. The van der Waals surface area contributed by atoms with Crippen LogP contribution in [0.2, 0.25) is 0 Å². The van der Waals surface area contributed by atoms with E-state index in [-0.39, 0.29) is 19.5 Å². The smallest absolute Gasteiger partial charge is 0.355 e. The molecule has 0 spiro atoms. The predicted molar refractivity (Wildman–Crippen MR) is 114 cm³/mol. The standard InChI is InChI=1S/C24H16N4.Zn/c1-2-4-22-21(3-1)23-13-19-9-7-17(26-19)11-15-5-6-16(25-15)12-18-8-10-20(27-18)14-24(22)28-23;/h1-14,26-27H;/q;+1. The zero-order chi connectivity index (χ0) is 18.5. The van der Waals surface area contributed by atoms with Gasteiger partial charge >= 0.3 is 19.5 Å².